The second-order valence-electron chi connectivity index (χ2n) is 6.25. The Kier molecular flexibility index (Phi) is 4.74. The van der Waals surface area contributed by atoms with Gasteiger partial charge in [0.15, 0.2) is 0 Å². The van der Waals surface area contributed by atoms with Crippen molar-refractivity contribution in [2.75, 3.05) is 18.1 Å². The predicted octanol–water partition coefficient (Wildman–Crippen LogP) is 2.91. The number of nitrogens with zero attached hydrogens (tertiary/aromatic N) is 1. The minimum absolute atomic E-state index is 0.112. The quantitative estimate of drug-likeness (QED) is 0.912. The van der Waals surface area contributed by atoms with Crippen LogP contribution in [0.2, 0.25) is 0 Å². The number of para-hydroxylation sites is 1. The largest absolute Gasteiger partial charge is 0.492 e. The maximum absolute atomic E-state index is 12.9. The van der Waals surface area contributed by atoms with Crippen LogP contribution in [0.5, 0.6) is 5.75 Å². The van der Waals surface area contributed by atoms with Gasteiger partial charge in [-0.2, -0.15) is 0 Å². The van der Waals surface area contributed by atoms with Crippen LogP contribution in [0.3, 0.4) is 0 Å². The Morgan fingerprint density at radius 3 is 2.48 bits per heavy atom. The molecular weight excluding hydrogens is 316 g/mol. The molecule has 1 aliphatic heterocycles. The van der Waals surface area contributed by atoms with Crippen LogP contribution in [-0.2, 0) is 9.59 Å². The van der Waals surface area contributed by atoms with E-state index in [4.69, 9.17) is 4.74 Å². The van der Waals surface area contributed by atoms with Crippen molar-refractivity contribution in [3.8, 4) is 5.75 Å². The second kappa shape index (κ2) is 6.97. The predicted molar refractivity (Wildman–Crippen MR) is 96.8 cm³/mol. The molecule has 1 atom stereocenters. The van der Waals surface area contributed by atoms with Gasteiger partial charge >= 0.3 is 0 Å². The average molecular weight is 338 g/mol. The van der Waals surface area contributed by atoms with Gasteiger partial charge in [-0.05, 0) is 37.1 Å². The molecule has 130 valence electrons. The maximum atomic E-state index is 12.9. The number of rotatable bonds is 5. The third kappa shape index (κ3) is 3.36. The molecule has 0 aromatic heterocycles. The summed E-state index contributed by atoms with van der Waals surface area (Å²) in [6.45, 7) is 6.19. The number of hydrogen-bond donors (Lipinski definition) is 1. The highest BCUT2D eigenvalue weighted by molar-refractivity contribution is 6.07. The van der Waals surface area contributed by atoms with Gasteiger partial charge in [0, 0.05) is 12.5 Å². The van der Waals surface area contributed by atoms with E-state index in [1.807, 2.05) is 56.3 Å². The number of aryl methyl sites for hydroxylation is 2. The molecule has 2 aromatic rings. The summed E-state index contributed by atoms with van der Waals surface area (Å²) < 4.78 is 5.74. The fourth-order valence-corrected chi connectivity index (χ4v) is 3.26. The molecule has 1 aliphatic rings. The standard InChI is InChI=1S/C20H22N2O3/c1-13-9-10-14(2)19-17(13)18(21-15(3)23)20(24)22(19)11-12-25-16-7-5-4-6-8-16/h4-10,18H,11-12H2,1-3H3,(H,21,23)/t18-/m0/s1. The molecule has 0 bridgehead atoms. The van der Waals surface area contributed by atoms with Gasteiger partial charge < -0.3 is 15.0 Å². The lowest BCUT2D eigenvalue weighted by Gasteiger charge is -2.20. The van der Waals surface area contributed by atoms with Crippen molar-refractivity contribution in [3.63, 3.8) is 0 Å². The SMILES string of the molecule is CC(=O)N[C@@H]1C(=O)N(CCOc2ccccc2)c2c(C)ccc(C)c21. The van der Waals surface area contributed by atoms with Crippen LogP contribution < -0.4 is 15.0 Å². The number of ether oxygens (including phenoxy) is 1. The average Bonchev–Trinajstić information content (AvgIpc) is 2.86. The first-order valence-electron chi connectivity index (χ1n) is 8.35. The molecule has 0 aliphatic carbocycles. The van der Waals surface area contributed by atoms with Gasteiger partial charge in [-0.15, -0.1) is 0 Å². The van der Waals surface area contributed by atoms with Crippen LogP contribution in [0.4, 0.5) is 5.69 Å². The highest BCUT2D eigenvalue weighted by Crippen LogP contribution is 2.40. The summed E-state index contributed by atoms with van der Waals surface area (Å²) in [6.07, 6.45) is 0. The van der Waals surface area contributed by atoms with E-state index in [-0.39, 0.29) is 11.8 Å². The van der Waals surface area contributed by atoms with Crippen LogP contribution in [-0.4, -0.2) is 25.0 Å². The highest BCUT2D eigenvalue weighted by atomic mass is 16.5. The van der Waals surface area contributed by atoms with E-state index in [0.29, 0.717) is 13.2 Å². The van der Waals surface area contributed by atoms with E-state index in [9.17, 15) is 9.59 Å². The lowest BCUT2D eigenvalue weighted by molar-refractivity contribution is -0.126. The molecule has 0 spiro atoms. The zero-order valence-corrected chi connectivity index (χ0v) is 14.7. The number of benzene rings is 2. The minimum atomic E-state index is -0.621. The fraction of sp³-hybridized carbons (Fsp3) is 0.300. The number of nitrogens with one attached hydrogen (secondary N) is 1. The number of carbonyl (C=O) groups excluding carboxylic acids is 2. The Balaban J connectivity index is 1.84. The Hall–Kier alpha value is -2.82. The van der Waals surface area contributed by atoms with Crippen molar-refractivity contribution in [3.05, 3.63) is 59.2 Å². The topological polar surface area (TPSA) is 58.6 Å². The van der Waals surface area contributed by atoms with E-state index in [2.05, 4.69) is 5.32 Å². The fourth-order valence-electron chi connectivity index (χ4n) is 3.26. The Morgan fingerprint density at radius 2 is 1.80 bits per heavy atom. The Morgan fingerprint density at radius 1 is 1.12 bits per heavy atom. The van der Waals surface area contributed by atoms with Crippen molar-refractivity contribution < 1.29 is 14.3 Å². The molecule has 5 nitrogen and oxygen atoms in total. The summed E-state index contributed by atoms with van der Waals surface area (Å²) in [4.78, 5) is 26.2. The molecule has 0 radical (unpaired) electrons. The maximum Gasteiger partial charge on any atom is 0.254 e. The minimum Gasteiger partial charge on any atom is -0.492 e. The van der Waals surface area contributed by atoms with Crippen molar-refractivity contribution in [2.24, 2.45) is 0 Å². The smallest absolute Gasteiger partial charge is 0.254 e. The van der Waals surface area contributed by atoms with E-state index >= 15 is 0 Å². The van der Waals surface area contributed by atoms with Gasteiger partial charge in [0.05, 0.1) is 12.2 Å². The molecular formula is C20H22N2O3. The zero-order chi connectivity index (χ0) is 18.0. The monoisotopic (exact) mass is 338 g/mol. The molecule has 2 aromatic carbocycles. The lowest BCUT2D eigenvalue weighted by atomic mass is 9.99. The summed E-state index contributed by atoms with van der Waals surface area (Å²) in [7, 11) is 0. The Bertz CT molecular complexity index is 802. The normalized spacial score (nSPS) is 15.9. The number of amides is 2. The van der Waals surface area contributed by atoms with Crippen molar-refractivity contribution >= 4 is 17.5 Å². The van der Waals surface area contributed by atoms with Crippen LogP contribution in [0.15, 0.2) is 42.5 Å². The molecule has 1 N–H and O–H groups in total. The third-order valence-electron chi connectivity index (χ3n) is 4.38. The van der Waals surface area contributed by atoms with Gasteiger partial charge in [0.1, 0.15) is 18.4 Å². The van der Waals surface area contributed by atoms with Gasteiger partial charge in [-0.1, -0.05) is 30.3 Å². The van der Waals surface area contributed by atoms with Crippen molar-refractivity contribution in [1.29, 1.82) is 0 Å². The molecule has 2 amide bonds. The van der Waals surface area contributed by atoms with Gasteiger partial charge in [-0.25, -0.2) is 0 Å². The number of hydrogen-bond acceptors (Lipinski definition) is 3. The van der Waals surface area contributed by atoms with Gasteiger partial charge in [-0.3, -0.25) is 9.59 Å². The molecule has 0 fully saturated rings. The van der Waals surface area contributed by atoms with E-state index in [1.165, 1.54) is 6.92 Å². The summed E-state index contributed by atoms with van der Waals surface area (Å²) >= 11 is 0. The second-order valence-corrected chi connectivity index (χ2v) is 6.25. The highest BCUT2D eigenvalue weighted by Gasteiger charge is 2.39. The van der Waals surface area contributed by atoms with E-state index in [1.54, 1.807) is 4.90 Å². The van der Waals surface area contributed by atoms with Crippen LogP contribution in [0.25, 0.3) is 0 Å². The molecule has 0 saturated carbocycles. The number of anilines is 1. The molecule has 0 unspecified atom stereocenters. The van der Waals surface area contributed by atoms with E-state index < -0.39 is 6.04 Å². The lowest BCUT2D eigenvalue weighted by Crippen LogP contribution is -2.38. The Labute approximate surface area is 147 Å². The molecule has 25 heavy (non-hydrogen) atoms. The molecule has 0 saturated heterocycles. The summed E-state index contributed by atoms with van der Waals surface area (Å²) in [5.41, 5.74) is 3.79. The molecule has 1 heterocycles. The molecule has 5 heteroatoms. The summed E-state index contributed by atoms with van der Waals surface area (Å²) in [5, 5.41) is 2.78. The molecule has 3 rings (SSSR count). The van der Waals surface area contributed by atoms with E-state index in [0.717, 1.165) is 28.1 Å². The summed E-state index contributed by atoms with van der Waals surface area (Å²) in [5.74, 6) is 0.445. The van der Waals surface area contributed by atoms with Crippen molar-refractivity contribution in [1.82, 2.24) is 5.32 Å². The van der Waals surface area contributed by atoms with Crippen LogP contribution in [0.1, 0.15) is 29.7 Å². The zero-order valence-electron chi connectivity index (χ0n) is 14.7. The van der Waals surface area contributed by atoms with Crippen molar-refractivity contribution in [2.45, 2.75) is 26.8 Å². The summed E-state index contributed by atoms with van der Waals surface area (Å²) in [6, 6.07) is 12.9. The number of fused-ring (bicyclic) bond motifs is 1. The van der Waals surface area contributed by atoms with Crippen LogP contribution in [0, 0.1) is 13.8 Å². The first kappa shape index (κ1) is 17.0. The first-order valence-corrected chi connectivity index (χ1v) is 8.35. The van der Waals surface area contributed by atoms with Gasteiger partial charge in [0.25, 0.3) is 5.91 Å². The van der Waals surface area contributed by atoms with Crippen LogP contribution >= 0.6 is 0 Å². The third-order valence-corrected chi connectivity index (χ3v) is 4.38. The first-order chi connectivity index (χ1) is 12.0. The van der Waals surface area contributed by atoms with Gasteiger partial charge in [0.2, 0.25) is 5.91 Å². The number of carbonyl (C=O) groups is 2.